The average molecular weight is 310 g/mol. The highest BCUT2D eigenvalue weighted by molar-refractivity contribution is 6.42. The predicted octanol–water partition coefficient (Wildman–Crippen LogP) is 3.99. The summed E-state index contributed by atoms with van der Waals surface area (Å²) in [5, 5.41) is 9.15. The van der Waals surface area contributed by atoms with Crippen molar-refractivity contribution in [2.24, 2.45) is 0 Å². The fourth-order valence-electron chi connectivity index (χ4n) is 2.31. The Bertz CT molecular complexity index is 618. The van der Waals surface area contributed by atoms with Crippen LogP contribution in [0.25, 0.3) is 5.69 Å². The summed E-state index contributed by atoms with van der Waals surface area (Å²) in [5.41, 5.74) is 3.43. The van der Waals surface area contributed by atoms with Crippen LogP contribution in [0.1, 0.15) is 31.0 Å². The predicted molar refractivity (Wildman–Crippen MR) is 82.8 cm³/mol. The highest BCUT2D eigenvalue weighted by Crippen LogP contribution is 2.26. The normalized spacial score (nSPS) is 14.8. The van der Waals surface area contributed by atoms with Crippen molar-refractivity contribution in [3.63, 3.8) is 0 Å². The molecule has 1 aromatic heterocycles. The minimum Gasteiger partial charge on any atom is -0.310 e. The van der Waals surface area contributed by atoms with E-state index in [0.717, 1.165) is 18.7 Å². The largest absolute Gasteiger partial charge is 0.310 e. The summed E-state index contributed by atoms with van der Waals surface area (Å²) in [6.07, 6.45) is 5.46. The smallest absolute Gasteiger partial charge is 0.0664 e. The molecule has 1 saturated carbocycles. The first-order valence-electron chi connectivity index (χ1n) is 6.93. The van der Waals surface area contributed by atoms with Gasteiger partial charge in [-0.2, -0.15) is 5.10 Å². The molecule has 0 saturated heterocycles. The van der Waals surface area contributed by atoms with Crippen LogP contribution in [0.5, 0.6) is 0 Å². The molecule has 20 heavy (non-hydrogen) atoms. The Morgan fingerprint density at radius 2 is 2.10 bits per heavy atom. The van der Waals surface area contributed by atoms with Crippen molar-refractivity contribution in [3.8, 4) is 5.69 Å². The molecule has 1 aliphatic rings. The van der Waals surface area contributed by atoms with Gasteiger partial charge in [0.1, 0.15) is 0 Å². The number of nitrogens with one attached hydrogen (secondary N) is 1. The molecule has 0 spiro atoms. The highest BCUT2D eigenvalue weighted by Gasteiger charge is 2.21. The topological polar surface area (TPSA) is 29.9 Å². The summed E-state index contributed by atoms with van der Waals surface area (Å²) < 4.78 is 1.95. The molecule has 3 nitrogen and oxygen atoms in total. The molecule has 1 N–H and O–H groups in total. The van der Waals surface area contributed by atoms with Gasteiger partial charge in [-0.05, 0) is 37.5 Å². The fourth-order valence-corrected chi connectivity index (χ4v) is 2.61. The summed E-state index contributed by atoms with van der Waals surface area (Å²) in [7, 11) is 0. The van der Waals surface area contributed by atoms with E-state index in [9.17, 15) is 0 Å². The van der Waals surface area contributed by atoms with Gasteiger partial charge in [0.05, 0.1) is 21.9 Å². The lowest BCUT2D eigenvalue weighted by molar-refractivity contribution is 0.680. The number of aromatic nitrogens is 2. The Kier molecular flexibility index (Phi) is 4.01. The van der Waals surface area contributed by atoms with E-state index in [4.69, 9.17) is 23.2 Å². The number of halogens is 2. The maximum absolute atomic E-state index is 6.09. The molecule has 1 heterocycles. The van der Waals surface area contributed by atoms with Crippen LogP contribution in [0, 0.1) is 0 Å². The lowest BCUT2D eigenvalue weighted by Gasteiger charge is -2.09. The molecule has 1 aromatic carbocycles. The maximum Gasteiger partial charge on any atom is 0.0664 e. The molecule has 2 aromatic rings. The van der Waals surface area contributed by atoms with Crippen LogP contribution in [0.3, 0.4) is 0 Å². The van der Waals surface area contributed by atoms with Crippen LogP contribution in [-0.2, 0) is 13.0 Å². The lowest BCUT2D eigenvalue weighted by atomic mass is 10.2. The molecule has 106 valence electrons. The Morgan fingerprint density at radius 1 is 1.30 bits per heavy atom. The maximum atomic E-state index is 6.09. The minimum absolute atomic E-state index is 0.555. The molecule has 1 aliphatic carbocycles. The van der Waals surface area contributed by atoms with Crippen molar-refractivity contribution in [2.75, 3.05) is 0 Å². The number of rotatable bonds is 5. The number of hydrogen-bond donors (Lipinski definition) is 1. The number of benzene rings is 1. The fraction of sp³-hybridized carbons (Fsp3) is 0.400. The zero-order chi connectivity index (χ0) is 14.1. The quantitative estimate of drug-likeness (QED) is 0.905. The van der Waals surface area contributed by atoms with Crippen molar-refractivity contribution in [1.82, 2.24) is 15.1 Å². The number of nitrogens with zero attached hydrogens (tertiary/aromatic N) is 2. The zero-order valence-corrected chi connectivity index (χ0v) is 12.9. The standard InChI is InChI=1S/C15H17Cl2N3/c1-2-15-10(8-18-11-3-4-11)9-19-20(15)12-5-6-13(16)14(17)7-12/h5-7,9,11,18H,2-4,8H2,1H3. The summed E-state index contributed by atoms with van der Waals surface area (Å²) in [6, 6.07) is 6.31. The van der Waals surface area contributed by atoms with Crippen LogP contribution in [-0.4, -0.2) is 15.8 Å². The molecule has 0 radical (unpaired) electrons. The molecular weight excluding hydrogens is 293 g/mol. The first kappa shape index (κ1) is 13.9. The zero-order valence-electron chi connectivity index (χ0n) is 11.4. The van der Waals surface area contributed by atoms with Crippen LogP contribution in [0.2, 0.25) is 10.0 Å². The second kappa shape index (κ2) is 5.76. The third kappa shape index (κ3) is 2.85. The second-order valence-corrected chi connectivity index (χ2v) is 5.95. The first-order valence-corrected chi connectivity index (χ1v) is 7.69. The summed E-state index contributed by atoms with van der Waals surface area (Å²) >= 11 is 12.1. The van der Waals surface area contributed by atoms with E-state index in [0.29, 0.717) is 16.1 Å². The molecule has 5 heteroatoms. The molecule has 0 aliphatic heterocycles. The van der Waals surface area contributed by atoms with Crippen molar-refractivity contribution in [1.29, 1.82) is 0 Å². The molecule has 0 amide bonds. The first-order chi connectivity index (χ1) is 9.69. The van der Waals surface area contributed by atoms with Gasteiger partial charge in [0, 0.05) is 23.8 Å². The average Bonchev–Trinajstić information content (AvgIpc) is 3.18. The molecule has 0 unspecified atom stereocenters. The monoisotopic (exact) mass is 309 g/mol. The summed E-state index contributed by atoms with van der Waals surface area (Å²) in [4.78, 5) is 0. The van der Waals surface area contributed by atoms with Crippen LogP contribution >= 0.6 is 23.2 Å². The van der Waals surface area contributed by atoms with Gasteiger partial charge < -0.3 is 5.32 Å². The van der Waals surface area contributed by atoms with E-state index in [1.807, 2.05) is 29.1 Å². The molecule has 1 fully saturated rings. The van der Waals surface area contributed by atoms with Gasteiger partial charge in [0.15, 0.2) is 0 Å². The van der Waals surface area contributed by atoms with Crippen molar-refractivity contribution < 1.29 is 0 Å². The Hall–Kier alpha value is -1.03. The second-order valence-electron chi connectivity index (χ2n) is 5.14. The minimum atomic E-state index is 0.555. The third-order valence-corrected chi connectivity index (χ3v) is 4.34. The van der Waals surface area contributed by atoms with E-state index in [1.165, 1.54) is 24.1 Å². The van der Waals surface area contributed by atoms with Gasteiger partial charge in [-0.3, -0.25) is 0 Å². The Balaban J connectivity index is 1.89. The van der Waals surface area contributed by atoms with Crippen molar-refractivity contribution in [3.05, 3.63) is 45.7 Å². The Labute approximate surface area is 128 Å². The van der Waals surface area contributed by atoms with Crippen LogP contribution in [0.15, 0.2) is 24.4 Å². The molecule has 3 rings (SSSR count). The molecule has 0 bridgehead atoms. The Morgan fingerprint density at radius 3 is 2.75 bits per heavy atom. The SMILES string of the molecule is CCc1c(CNC2CC2)cnn1-c1ccc(Cl)c(Cl)c1. The highest BCUT2D eigenvalue weighted by atomic mass is 35.5. The van der Waals surface area contributed by atoms with E-state index in [-0.39, 0.29) is 0 Å². The van der Waals surface area contributed by atoms with E-state index in [2.05, 4.69) is 17.3 Å². The summed E-state index contributed by atoms with van der Waals surface area (Å²) in [6.45, 7) is 3.03. The van der Waals surface area contributed by atoms with Gasteiger partial charge in [0.2, 0.25) is 0 Å². The number of hydrogen-bond acceptors (Lipinski definition) is 2. The van der Waals surface area contributed by atoms with E-state index in [1.54, 1.807) is 0 Å². The third-order valence-electron chi connectivity index (χ3n) is 3.60. The van der Waals surface area contributed by atoms with E-state index < -0.39 is 0 Å². The molecular formula is C15H17Cl2N3. The van der Waals surface area contributed by atoms with E-state index >= 15 is 0 Å². The van der Waals surface area contributed by atoms with Crippen molar-refractivity contribution in [2.45, 2.75) is 38.8 Å². The van der Waals surface area contributed by atoms with Gasteiger partial charge >= 0.3 is 0 Å². The van der Waals surface area contributed by atoms with Gasteiger partial charge in [-0.25, -0.2) is 4.68 Å². The summed E-state index contributed by atoms with van der Waals surface area (Å²) in [5.74, 6) is 0. The van der Waals surface area contributed by atoms with Gasteiger partial charge in [-0.1, -0.05) is 30.1 Å². The molecule has 0 atom stereocenters. The van der Waals surface area contributed by atoms with Crippen LogP contribution < -0.4 is 5.32 Å². The van der Waals surface area contributed by atoms with Crippen molar-refractivity contribution >= 4 is 23.2 Å². The van der Waals surface area contributed by atoms with Gasteiger partial charge in [-0.15, -0.1) is 0 Å². The van der Waals surface area contributed by atoms with Crippen LogP contribution in [0.4, 0.5) is 0 Å². The lowest BCUT2D eigenvalue weighted by Crippen LogP contribution is -2.16. The van der Waals surface area contributed by atoms with Gasteiger partial charge in [0.25, 0.3) is 0 Å².